The first kappa shape index (κ1) is 23.5. The molecule has 1 aromatic carbocycles. The van der Waals surface area contributed by atoms with Crippen LogP contribution >= 0.6 is 0 Å². The Bertz CT molecular complexity index is 1050. The van der Waals surface area contributed by atoms with Crippen LogP contribution in [0, 0.1) is 10.8 Å². The highest BCUT2D eigenvalue weighted by atomic mass is 19.4. The zero-order valence-corrected chi connectivity index (χ0v) is 18.9. The van der Waals surface area contributed by atoms with Crippen molar-refractivity contribution in [2.45, 2.75) is 64.5 Å². The van der Waals surface area contributed by atoms with E-state index in [0.29, 0.717) is 25.7 Å². The minimum Gasteiger partial charge on any atom is -0.469 e. The van der Waals surface area contributed by atoms with Crippen molar-refractivity contribution in [2.24, 2.45) is 10.8 Å². The van der Waals surface area contributed by atoms with Gasteiger partial charge in [0.05, 0.1) is 30.2 Å². The second-order valence-corrected chi connectivity index (χ2v) is 9.32. The lowest BCUT2D eigenvalue weighted by Crippen LogP contribution is -2.46. The molecule has 8 heteroatoms. The molecule has 1 aromatic heterocycles. The quantitative estimate of drug-likeness (QED) is 0.501. The van der Waals surface area contributed by atoms with Gasteiger partial charge in [-0.05, 0) is 75.3 Å². The summed E-state index contributed by atoms with van der Waals surface area (Å²) in [5.41, 5.74) is -1.62. The zero-order valence-electron chi connectivity index (χ0n) is 18.9. The number of carbonyl (C=O) groups is 2. The summed E-state index contributed by atoms with van der Waals surface area (Å²) in [5, 5.41) is -0.0115. The Kier molecular flexibility index (Phi) is 6.14. The molecule has 0 amide bonds. The van der Waals surface area contributed by atoms with Gasteiger partial charge in [-0.15, -0.1) is 0 Å². The van der Waals surface area contributed by atoms with Gasteiger partial charge >= 0.3 is 18.1 Å². The SMILES string of the molecule is CCOC(=O)c1nc2ccccc2c(C(F)(F)F)c1CCC12CCC(C(=O)OC)(CC1)CC2. The molecule has 3 saturated carbocycles. The lowest BCUT2D eigenvalue weighted by Gasteiger charge is -2.52. The summed E-state index contributed by atoms with van der Waals surface area (Å²) in [7, 11) is 1.40. The molecule has 3 fully saturated rings. The third-order valence-corrected chi connectivity index (χ3v) is 7.67. The molecule has 2 bridgehead atoms. The minimum absolute atomic E-state index is 0.0115. The van der Waals surface area contributed by atoms with Gasteiger partial charge in [0, 0.05) is 5.39 Å². The average Bonchev–Trinajstić information content (AvgIpc) is 2.82. The van der Waals surface area contributed by atoms with Crippen LogP contribution < -0.4 is 0 Å². The van der Waals surface area contributed by atoms with Crippen LogP contribution in [-0.4, -0.2) is 30.6 Å². The lowest BCUT2D eigenvalue weighted by atomic mass is 9.52. The van der Waals surface area contributed by atoms with Gasteiger partial charge in [-0.2, -0.15) is 13.2 Å². The lowest BCUT2D eigenvalue weighted by molar-refractivity contribution is -0.163. The monoisotopic (exact) mass is 463 g/mol. The van der Waals surface area contributed by atoms with Crippen LogP contribution in [0.5, 0.6) is 0 Å². The van der Waals surface area contributed by atoms with E-state index < -0.39 is 23.1 Å². The molecule has 0 radical (unpaired) electrons. The molecular weight excluding hydrogens is 435 g/mol. The average molecular weight is 463 g/mol. The van der Waals surface area contributed by atoms with Crippen LogP contribution in [0.25, 0.3) is 10.9 Å². The summed E-state index contributed by atoms with van der Waals surface area (Å²) in [6, 6.07) is 6.01. The molecule has 178 valence electrons. The Balaban J connectivity index is 1.71. The van der Waals surface area contributed by atoms with E-state index >= 15 is 0 Å². The Labute approximate surface area is 190 Å². The van der Waals surface area contributed by atoms with E-state index in [0.717, 1.165) is 19.3 Å². The third-order valence-electron chi connectivity index (χ3n) is 7.67. The summed E-state index contributed by atoms with van der Waals surface area (Å²) < 4.78 is 53.0. The van der Waals surface area contributed by atoms with Crippen LogP contribution in [0.4, 0.5) is 13.2 Å². The summed E-state index contributed by atoms with van der Waals surface area (Å²) in [6.45, 7) is 1.66. The largest absolute Gasteiger partial charge is 0.469 e. The number of para-hydroxylation sites is 1. The number of aromatic nitrogens is 1. The van der Waals surface area contributed by atoms with E-state index in [2.05, 4.69) is 4.98 Å². The molecule has 33 heavy (non-hydrogen) atoms. The minimum atomic E-state index is -4.64. The molecule has 1 heterocycles. The van der Waals surface area contributed by atoms with Crippen molar-refractivity contribution < 1.29 is 32.2 Å². The maximum Gasteiger partial charge on any atom is 0.417 e. The first-order valence-electron chi connectivity index (χ1n) is 11.4. The summed E-state index contributed by atoms with van der Waals surface area (Å²) in [4.78, 5) is 29.2. The number of benzene rings is 1. The van der Waals surface area contributed by atoms with E-state index in [9.17, 15) is 22.8 Å². The zero-order chi connectivity index (χ0) is 23.9. The summed E-state index contributed by atoms with van der Waals surface area (Å²) in [5.74, 6) is -1.02. The number of nitrogens with zero attached hydrogens (tertiary/aromatic N) is 1. The third kappa shape index (κ3) is 4.20. The molecule has 2 aromatic rings. The van der Waals surface area contributed by atoms with Crippen molar-refractivity contribution in [3.63, 3.8) is 0 Å². The van der Waals surface area contributed by atoms with Crippen LogP contribution in [0.15, 0.2) is 24.3 Å². The van der Waals surface area contributed by atoms with E-state index in [1.165, 1.54) is 19.2 Å². The van der Waals surface area contributed by atoms with E-state index in [1.807, 2.05) is 0 Å². The maximum absolute atomic E-state index is 14.3. The van der Waals surface area contributed by atoms with E-state index in [1.54, 1.807) is 19.1 Å². The number of hydrogen-bond acceptors (Lipinski definition) is 5. The normalized spacial score (nSPS) is 24.6. The maximum atomic E-state index is 14.3. The Morgan fingerprint density at radius 2 is 1.70 bits per heavy atom. The molecule has 0 saturated heterocycles. The molecule has 5 rings (SSSR count). The number of esters is 2. The van der Waals surface area contributed by atoms with Gasteiger partial charge in [-0.3, -0.25) is 4.79 Å². The number of hydrogen-bond donors (Lipinski definition) is 0. The Morgan fingerprint density at radius 3 is 2.27 bits per heavy atom. The Morgan fingerprint density at radius 1 is 1.06 bits per heavy atom. The highest BCUT2D eigenvalue weighted by Crippen LogP contribution is 2.59. The molecule has 3 aliphatic carbocycles. The molecule has 0 N–H and O–H groups in total. The highest BCUT2D eigenvalue weighted by molar-refractivity contribution is 5.95. The fraction of sp³-hybridized carbons (Fsp3) is 0.560. The molecule has 3 aliphatic rings. The molecule has 0 spiro atoms. The molecule has 0 aliphatic heterocycles. The number of halogens is 3. The Hall–Kier alpha value is -2.64. The predicted octanol–water partition coefficient (Wildman–Crippen LogP) is 5.88. The predicted molar refractivity (Wildman–Crippen MR) is 116 cm³/mol. The summed E-state index contributed by atoms with van der Waals surface area (Å²) >= 11 is 0. The van der Waals surface area contributed by atoms with Crippen LogP contribution in [-0.2, 0) is 26.9 Å². The number of rotatable bonds is 6. The van der Waals surface area contributed by atoms with Gasteiger partial charge in [0.15, 0.2) is 5.69 Å². The van der Waals surface area contributed by atoms with Crippen molar-refractivity contribution in [3.8, 4) is 0 Å². The number of alkyl halides is 3. The molecular formula is C25H28F3NO4. The van der Waals surface area contributed by atoms with Crippen molar-refractivity contribution in [2.75, 3.05) is 13.7 Å². The van der Waals surface area contributed by atoms with Gasteiger partial charge in [-0.25, -0.2) is 9.78 Å². The van der Waals surface area contributed by atoms with Crippen LogP contribution in [0.1, 0.15) is 73.5 Å². The van der Waals surface area contributed by atoms with E-state index in [-0.39, 0.29) is 46.6 Å². The van der Waals surface area contributed by atoms with Gasteiger partial charge in [0.1, 0.15) is 0 Å². The summed E-state index contributed by atoms with van der Waals surface area (Å²) in [6.07, 6.45) is 0.283. The van der Waals surface area contributed by atoms with Crippen molar-refractivity contribution in [1.29, 1.82) is 0 Å². The molecule has 0 unspecified atom stereocenters. The highest BCUT2D eigenvalue weighted by Gasteiger charge is 2.53. The van der Waals surface area contributed by atoms with Gasteiger partial charge < -0.3 is 9.47 Å². The number of carbonyl (C=O) groups excluding carboxylic acids is 2. The standard InChI is InChI=1S/C25H28F3NO4/c1-3-33-21(30)20-17(19(25(26,27)28)16-6-4-5-7-18(16)29-20)8-9-23-10-13-24(14-11-23,15-12-23)22(31)32-2/h4-7H,3,8-15H2,1-2H3. The second kappa shape index (κ2) is 8.61. The first-order valence-corrected chi connectivity index (χ1v) is 11.4. The molecule has 5 nitrogen and oxygen atoms in total. The first-order chi connectivity index (χ1) is 15.6. The van der Waals surface area contributed by atoms with Gasteiger partial charge in [0.2, 0.25) is 0 Å². The van der Waals surface area contributed by atoms with Gasteiger partial charge in [-0.1, -0.05) is 18.2 Å². The molecule has 0 atom stereocenters. The number of pyridine rings is 1. The van der Waals surface area contributed by atoms with Crippen molar-refractivity contribution in [3.05, 3.63) is 41.1 Å². The fourth-order valence-corrected chi connectivity index (χ4v) is 5.74. The number of ether oxygens (including phenoxy) is 2. The number of fused-ring (bicyclic) bond motifs is 4. The fourth-order valence-electron chi connectivity index (χ4n) is 5.74. The van der Waals surface area contributed by atoms with Crippen molar-refractivity contribution in [1.82, 2.24) is 4.98 Å². The topological polar surface area (TPSA) is 65.5 Å². The van der Waals surface area contributed by atoms with Gasteiger partial charge in [0.25, 0.3) is 0 Å². The van der Waals surface area contributed by atoms with Crippen molar-refractivity contribution >= 4 is 22.8 Å². The second-order valence-electron chi connectivity index (χ2n) is 9.32. The smallest absolute Gasteiger partial charge is 0.417 e. The number of methoxy groups -OCH3 is 1. The van der Waals surface area contributed by atoms with Crippen LogP contribution in [0.2, 0.25) is 0 Å². The van der Waals surface area contributed by atoms with Crippen LogP contribution in [0.3, 0.4) is 0 Å². The van der Waals surface area contributed by atoms with E-state index in [4.69, 9.17) is 9.47 Å².